The van der Waals surface area contributed by atoms with Crippen molar-refractivity contribution in [1.29, 1.82) is 0 Å². The number of halogens is 2. The molecule has 0 fully saturated rings. The van der Waals surface area contributed by atoms with E-state index in [2.05, 4.69) is 10.4 Å². The molecule has 0 bridgehead atoms. The monoisotopic (exact) mass is 401 g/mol. The topological polar surface area (TPSA) is 84.2 Å². The van der Waals surface area contributed by atoms with Crippen molar-refractivity contribution in [3.8, 4) is 5.69 Å². The van der Waals surface area contributed by atoms with Gasteiger partial charge in [0.05, 0.1) is 28.5 Å². The summed E-state index contributed by atoms with van der Waals surface area (Å²) in [6.07, 6.45) is 1.52. The molecule has 28 heavy (non-hydrogen) atoms. The lowest BCUT2D eigenvalue weighted by molar-refractivity contribution is -0.113. The zero-order chi connectivity index (χ0) is 19.8. The Labute approximate surface area is 162 Å². The van der Waals surface area contributed by atoms with Gasteiger partial charge in [0.25, 0.3) is 0 Å². The number of hydrogen-bond acceptors (Lipinski definition) is 4. The maximum atomic E-state index is 14.4. The predicted molar refractivity (Wildman–Crippen MR) is 99.8 cm³/mol. The first-order chi connectivity index (χ1) is 13.4. The van der Waals surface area contributed by atoms with Crippen molar-refractivity contribution in [3.05, 3.63) is 77.0 Å². The molecule has 6 nitrogen and oxygen atoms in total. The number of carboxylic acids is 1. The van der Waals surface area contributed by atoms with Crippen LogP contribution in [0, 0.1) is 11.6 Å². The molecule has 0 saturated heterocycles. The van der Waals surface area contributed by atoms with Crippen molar-refractivity contribution in [1.82, 2.24) is 9.78 Å². The number of aromatic carboxylic acids is 1. The summed E-state index contributed by atoms with van der Waals surface area (Å²) in [6.45, 7) is 0. The fourth-order valence-electron chi connectivity index (χ4n) is 3.01. The molecule has 1 aromatic heterocycles. The summed E-state index contributed by atoms with van der Waals surface area (Å²) < 4.78 is 29.1. The van der Waals surface area contributed by atoms with Crippen LogP contribution in [0.4, 0.5) is 14.6 Å². The number of carboxylic acid groups (broad SMARTS) is 1. The van der Waals surface area contributed by atoms with E-state index < -0.39 is 22.9 Å². The van der Waals surface area contributed by atoms with Crippen LogP contribution in [0.5, 0.6) is 0 Å². The van der Waals surface area contributed by atoms with Gasteiger partial charge in [-0.05, 0) is 30.3 Å². The van der Waals surface area contributed by atoms with Crippen LogP contribution in [0.25, 0.3) is 5.69 Å². The van der Waals surface area contributed by atoms with E-state index in [-0.39, 0.29) is 22.8 Å². The second-order valence-corrected chi connectivity index (χ2v) is 7.21. The SMILES string of the molecule is O=C1CSC(c2ccc(F)cc2F)c2cnn(-c3ccc(C(=O)O)cc3)c2N1. The summed E-state index contributed by atoms with van der Waals surface area (Å²) in [7, 11) is 0. The highest BCUT2D eigenvalue weighted by Gasteiger charge is 2.30. The fourth-order valence-corrected chi connectivity index (χ4v) is 4.12. The van der Waals surface area contributed by atoms with Gasteiger partial charge in [-0.25, -0.2) is 18.3 Å². The average Bonchev–Trinajstić information content (AvgIpc) is 2.99. The summed E-state index contributed by atoms with van der Waals surface area (Å²) >= 11 is 1.22. The molecule has 2 aromatic carbocycles. The van der Waals surface area contributed by atoms with Crippen LogP contribution in [0.15, 0.2) is 48.7 Å². The first-order valence-corrected chi connectivity index (χ1v) is 9.27. The van der Waals surface area contributed by atoms with Crippen LogP contribution >= 0.6 is 11.8 Å². The summed E-state index contributed by atoms with van der Waals surface area (Å²) in [5.41, 5.74) is 1.48. The zero-order valence-corrected chi connectivity index (χ0v) is 15.0. The van der Waals surface area contributed by atoms with E-state index in [0.29, 0.717) is 17.1 Å². The van der Waals surface area contributed by atoms with E-state index in [0.717, 1.165) is 6.07 Å². The number of amides is 1. The Morgan fingerprint density at radius 2 is 1.93 bits per heavy atom. The molecule has 9 heteroatoms. The molecule has 0 saturated carbocycles. The fraction of sp³-hybridized carbons (Fsp3) is 0.105. The molecule has 4 rings (SSSR count). The Morgan fingerprint density at radius 1 is 1.18 bits per heavy atom. The standard InChI is InChI=1S/C19H13F2N3O3S/c20-11-3-6-13(15(21)7-11)17-14-8-22-24(18(14)23-16(25)9-28-17)12-4-1-10(2-5-12)19(26)27/h1-8,17H,9H2,(H,23,25)(H,26,27). The third-order valence-electron chi connectivity index (χ3n) is 4.32. The number of hydrogen-bond donors (Lipinski definition) is 2. The van der Waals surface area contributed by atoms with Gasteiger partial charge in [-0.15, -0.1) is 11.8 Å². The van der Waals surface area contributed by atoms with Crippen LogP contribution < -0.4 is 5.32 Å². The van der Waals surface area contributed by atoms with E-state index in [1.165, 1.54) is 46.9 Å². The highest BCUT2D eigenvalue weighted by Crippen LogP contribution is 2.42. The Morgan fingerprint density at radius 3 is 2.61 bits per heavy atom. The van der Waals surface area contributed by atoms with Crippen molar-refractivity contribution >= 4 is 29.5 Å². The van der Waals surface area contributed by atoms with Crippen molar-refractivity contribution in [2.24, 2.45) is 0 Å². The van der Waals surface area contributed by atoms with Gasteiger partial charge in [-0.1, -0.05) is 6.07 Å². The highest BCUT2D eigenvalue weighted by molar-refractivity contribution is 8.00. The molecule has 1 amide bonds. The van der Waals surface area contributed by atoms with Gasteiger partial charge in [0.1, 0.15) is 17.5 Å². The molecule has 1 unspecified atom stereocenters. The van der Waals surface area contributed by atoms with Crippen molar-refractivity contribution in [2.75, 3.05) is 11.1 Å². The van der Waals surface area contributed by atoms with Gasteiger partial charge < -0.3 is 10.4 Å². The number of thioether (sulfide) groups is 1. The summed E-state index contributed by atoms with van der Waals surface area (Å²) in [6, 6.07) is 9.33. The van der Waals surface area contributed by atoms with Gasteiger partial charge >= 0.3 is 5.97 Å². The Kier molecular flexibility index (Phi) is 4.60. The molecule has 2 N–H and O–H groups in total. The van der Waals surface area contributed by atoms with Gasteiger partial charge in [0, 0.05) is 17.2 Å². The number of nitrogens with one attached hydrogen (secondary N) is 1. The largest absolute Gasteiger partial charge is 0.478 e. The Balaban J connectivity index is 1.80. The number of carbonyl (C=O) groups is 2. The van der Waals surface area contributed by atoms with Crippen LogP contribution in [0.1, 0.15) is 26.7 Å². The van der Waals surface area contributed by atoms with Gasteiger partial charge in [0.2, 0.25) is 5.91 Å². The normalized spacial score (nSPS) is 16.2. The van der Waals surface area contributed by atoms with Gasteiger partial charge in [-0.3, -0.25) is 4.79 Å². The average molecular weight is 401 g/mol. The number of anilines is 1. The van der Waals surface area contributed by atoms with Crippen LogP contribution in [-0.4, -0.2) is 32.5 Å². The molecule has 1 atom stereocenters. The second-order valence-electron chi connectivity index (χ2n) is 6.12. The smallest absolute Gasteiger partial charge is 0.335 e. The summed E-state index contributed by atoms with van der Waals surface area (Å²) in [4.78, 5) is 23.2. The second kappa shape index (κ2) is 7.08. The number of benzene rings is 2. The third kappa shape index (κ3) is 3.24. The molecule has 0 spiro atoms. The number of aromatic nitrogens is 2. The molecule has 1 aliphatic heterocycles. The van der Waals surface area contributed by atoms with Gasteiger partial charge in [0.15, 0.2) is 0 Å². The third-order valence-corrected chi connectivity index (χ3v) is 5.59. The minimum atomic E-state index is -1.05. The lowest BCUT2D eigenvalue weighted by atomic mass is 10.1. The van der Waals surface area contributed by atoms with Crippen molar-refractivity contribution < 1.29 is 23.5 Å². The maximum Gasteiger partial charge on any atom is 0.335 e. The predicted octanol–water partition coefficient (Wildman–Crippen LogP) is 3.62. The van der Waals surface area contributed by atoms with Crippen LogP contribution in [-0.2, 0) is 4.79 Å². The van der Waals surface area contributed by atoms with Crippen molar-refractivity contribution in [2.45, 2.75) is 5.25 Å². The molecular formula is C19H13F2N3O3S. The minimum absolute atomic E-state index is 0.0914. The number of carbonyl (C=O) groups excluding carboxylic acids is 1. The van der Waals surface area contributed by atoms with Gasteiger partial charge in [-0.2, -0.15) is 5.10 Å². The van der Waals surface area contributed by atoms with Crippen molar-refractivity contribution in [3.63, 3.8) is 0 Å². The van der Waals surface area contributed by atoms with E-state index in [1.807, 2.05) is 0 Å². The lowest BCUT2D eigenvalue weighted by Crippen LogP contribution is -2.15. The summed E-state index contributed by atoms with van der Waals surface area (Å²) in [5.74, 6) is -2.25. The molecule has 142 valence electrons. The number of rotatable bonds is 3. The van der Waals surface area contributed by atoms with E-state index >= 15 is 0 Å². The molecule has 3 aromatic rings. The highest BCUT2D eigenvalue weighted by atomic mass is 32.2. The first kappa shape index (κ1) is 18.2. The number of nitrogens with zero attached hydrogens (tertiary/aromatic N) is 2. The first-order valence-electron chi connectivity index (χ1n) is 8.22. The molecular weight excluding hydrogens is 388 g/mol. The Hall–Kier alpha value is -3.20. The number of fused-ring (bicyclic) bond motifs is 1. The molecule has 0 aliphatic carbocycles. The van der Waals surface area contributed by atoms with Crippen LogP contribution in [0.2, 0.25) is 0 Å². The maximum absolute atomic E-state index is 14.4. The summed E-state index contributed by atoms with van der Waals surface area (Å²) in [5, 5.41) is 15.5. The van der Waals surface area contributed by atoms with E-state index in [1.54, 1.807) is 12.1 Å². The molecule has 0 radical (unpaired) electrons. The Bertz CT molecular complexity index is 1080. The van der Waals surface area contributed by atoms with E-state index in [9.17, 15) is 18.4 Å². The van der Waals surface area contributed by atoms with Crippen LogP contribution in [0.3, 0.4) is 0 Å². The lowest BCUT2D eigenvalue weighted by Gasteiger charge is -2.15. The minimum Gasteiger partial charge on any atom is -0.478 e. The zero-order valence-electron chi connectivity index (χ0n) is 14.2. The quantitative estimate of drug-likeness (QED) is 0.700. The molecule has 1 aliphatic rings. The van der Waals surface area contributed by atoms with E-state index in [4.69, 9.17) is 5.11 Å². The molecule has 2 heterocycles.